The van der Waals surface area contributed by atoms with E-state index in [-0.39, 0.29) is 6.04 Å². The van der Waals surface area contributed by atoms with Gasteiger partial charge in [0.1, 0.15) is 0 Å². The summed E-state index contributed by atoms with van der Waals surface area (Å²) in [5, 5.41) is 5.59. The van der Waals surface area contributed by atoms with Gasteiger partial charge in [0.15, 0.2) is 0 Å². The zero-order chi connectivity index (χ0) is 10.7. The van der Waals surface area contributed by atoms with Gasteiger partial charge in [-0.05, 0) is 23.9 Å². The predicted octanol–water partition coefficient (Wildman–Crippen LogP) is 1.12. The topological polar surface area (TPSA) is 47.3 Å². The van der Waals surface area contributed by atoms with E-state index < -0.39 is 0 Å². The van der Waals surface area contributed by atoms with Crippen molar-refractivity contribution in [2.75, 3.05) is 19.8 Å². The number of nitrogens with one attached hydrogen (secondary N) is 1. The lowest BCUT2D eigenvalue weighted by Crippen LogP contribution is -2.35. The van der Waals surface area contributed by atoms with Crippen LogP contribution in [0.15, 0.2) is 11.4 Å². The highest BCUT2D eigenvalue weighted by Gasteiger charge is 2.24. The molecule has 1 aliphatic rings. The van der Waals surface area contributed by atoms with E-state index in [0.29, 0.717) is 12.5 Å². The van der Waals surface area contributed by atoms with Crippen LogP contribution >= 0.6 is 11.3 Å². The Morgan fingerprint density at radius 2 is 2.47 bits per heavy atom. The molecule has 2 rings (SSSR count). The zero-order valence-corrected chi connectivity index (χ0v) is 9.85. The fourth-order valence-corrected chi connectivity index (χ4v) is 2.66. The lowest BCUT2D eigenvalue weighted by Gasteiger charge is -2.13. The minimum Gasteiger partial charge on any atom is -0.379 e. The minimum atomic E-state index is 0.210. The molecule has 0 spiro atoms. The molecule has 0 bridgehead atoms. The molecule has 1 aromatic heterocycles. The van der Waals surface area contributed by atoms with Gasteiger partial charge in [-0.15, -0.1) is 11.3 Å². The van der Waals surface area contributed by atoms with Crippen molar-refractivity contribution in [3.63, 3.8) is 0 Å². The van der Waals surface area contributed by atoms with Crippen LogP contribution in [-0.4, -0.2) is 25.8 Å². The average Bonchev–Trinajstić information content (AvgIpc) is 2.78. The summed E-state index contributed by atoms with van der Waals surface area (Å²) in [6.07, 6.45) is 0. The van der Waals surface area contributed by atoms with Gasteiger partial charge >= 0.3 is 0 Å². The smallest absolute Gasteiger partial charge is 0.0621 e. The highest BCUT2D eigenvalue weighted by molar-refractivity contribution is 7.10. The quantitative estimate of drug-likeness (QED) is 0.809. The Morgan fingerprint density at radius 1 is 1.60 bits per heavy atom. The van der Waals surface area contributed by atoms with Gasteiger partial charge in [-0.3, -0.25) is 0 Å². The van der Waals surface area contributed by atoms with Crippen LogP contribution in [0, 0.1) is 12.8 Å². The van der Waals surface area contributed by atoms with E-state index in [2.05, 4.69) is 23.7 Å². The van der Waals surface area contributed by atoms with Crippen LogP contribution in [0.4, 0.5) is 0 Å². The van der Waals surface area contributed by atoms with Crippen molar-refractivity contribution in [1.29, 1.82) is 0 Å². The zero-order valence-electron chi connectivity index (χ0n) is 9.03. The van der Waals surface area contributed by atoms with Crippen molar-refractivity contribution in [3.8, 4) is 0 Å². The van der Waals surface area contributed by atoms with Gasteiger partial charge in [0, 0.05) is 29.9 Å². The van der Waals surface area contributed by atoms with Crippen LogP contribution in [0.3, 0.4) is 0 Å². The third-order valence-electron chi connectivity index (χ3n) is 2.91. The number of thiophene rings is 1. The number of rotatable bonds is 4. The van der Waals surface area contributed by atoms with E-state index in [1.807, 2.05) is 11.3 Å². The standard InChI is InChI=1S/C11H18N2OS/c1-8-2-3-15-11(8)5-13-4-9-6-14-7-10(9)12/h2-3,9-10,13H,4-7,12H2,1H3. The molecule has 2 atom stereocenters. The Bertz CT molecular complexity index is 313. The third kappa shape index (κ3) is 2.78. The first kappa shape index (κ1) is 11.1. The van der Waals surface area contributed by atoms with Crippen molar-refractivity contribution in [2.45, 2.75) is 19.5 Å². The third-order valence-corrected chi connectivity index (χ3v) is 3.93. The summed E-state index contributed by atoms with van der Waals surface area (Å²) < 4.78 is 5.32. The van der Waals surface area contributed by atoms with Gasteiger partial charge in [-0.25, -0.2) is 0 Å². The first-order valence-electron chi connectivity index (χ1n) is 5.34. The molecule has 3 nitrogen and oxygen atoms in total. The first-order valence-corrected chi connectivity index (χ1v) is 6.22. The molecule has 3 N–H and O–H groups in total. The van der Waals surface area contributed by atoms with Crippen LogP contribution in [0.1, 0.15) is 10.4 Å². The summed E-state index contributed by atoms with van der Waals surface area (Å²) in [6.45, 7) is 5.57. The monoisotopic (exact) mass is 226 g/mol. The van der Waals surface area contributed by atoms with E-state index in [9.17, 15) is 0 Å². The molecule has 0 saturated carbocycles. The SMILES string of the molecule is Cc1ccsc1CNCC1COCC1N. The number of ether oxygens (including phenoxy) is 1. The maximum Gasteiger partial charge on any atom is 0.0621 e. The van der Waals surface area contributed by atoms with E-state index in [1.165, 1.54) is 10.4 Å². The Morgan fingerprint density at radius 3 is 3.07 bits per heavy atom. The van der Waals surface area contributed by atoms with Gasteiger partial charge < -0.3 is 15.8 Å². The molecular weight excluding hydrogens is 208 g/mol. The average molecular weight is 226 g/mol. The number of nitrogens with two attached hydrogens (primary N) is 1. The molecule has 2 heterocycles. The Kier molecular flexibility index (Phi) is 3.75. The molecule has 4 heteroatoms. The summed E-state index contributed by atoms with van der Waals surface area (Å²) in [6, 6.07) is 2.37. The summed E-state index contributed by atoms with van der Waals surface area (Å²) in [7, 11) is 0. The van der Waals surface area contributed by atoms with Crippen molar-refractivity contribution < 1.29 is 4.74 Å². The second-order valence-corrected chi connectivity index (χ2v) is 5.12. The van der Waals surface area contributed by atoms with Crippen molar-refractivity contribution in [3.05, 3.63) is 21.9 Å². The van der Waals surface area contributed by atoms with Crippen LogP contribution in [0.2, 0.25) is 0 Å². The van der Waals surface area contributed by atoms with Gasteiger partial charge in [0.2, 0.25) is 0 Å². The van der Waals surface area contributed by atoms with Crippen molar-refractivity contribution >= 4 is 11.3 Å². The first-order chi connectivity index (χ1) is 7.27. The van der Waals surface area contributed by atoms with Gasteiger partial charge in [0.05, 0.1) is 13.2 Å². The van der Waals surface area contributed by atoms with E-state index in [4.69, 9.17) is 10.5 Å². The number of aryl methyl sites for hydroxylation is 1. The van der Waals surface area contributed by atoms with Gasteiger partial charge in [-0.2, -0.15) is 0 Å². The number of hydrogen-bond acceptors (Lipinski definition) is 4. The largest absolute Gasteiger partial charge is 0.379 e. The lowest BCUT2D eigenvalue weighted by atomic mass is 10.1. The summed E-state index contributed by atoms with van der Waals surface area (Å²) in [5.41, 5.74) is 7.28. The molecule has 1 fully saturated rings. The van der Waals surface area contributed by atoms with E-state index in [1.54, 1.807) is 0 Å². The second kappa shape index (κ2) is 5.07. The Hall–Kier alpha value is -0.420. The molecular formula is C11H18N2OS. The maximum absolute atomic E-state index is 5.91. The molecule has 1 saturated heterocycles. The van der Waals surface area contributed by atoms with Crippen LogP contribution in [-0.2, 0) is 11.3 Å². The van der Waals surface area contributed by atoms with Gasteiger partial charge in [0.25, 0.3) is 0 Å². The van der Waals surface area contributed by atoms with Crippen LogP contribution in [0.25, 0.3) is 0 Å². The van der Waals surface area contributed by atoms with Crippen molar-refractivity contribution in [2.24, 2.45) is 11.7 Å². The summed E-state index contributed by atoms with van der Waals surface area (Å²) >= 11 is 1.81. The molecule has 0 amide bonds. The lowest BCUT2D eigenvalue weighted by molar-refractivity contribution is 0.184. The normalized spacial score (nSPS) is 26.0. The van der Waals surface area contributed by atoms with E-state index in [0.717, 1.165) is 19.7 Å². The fraction of sp³-hybridized carbons (Fsp3) is 0.636. The Balaban J connectivity index is 1.73. The highest BCUT2D eigenvalue weighted by atomic mass is 32.1. The fourth-order valence-electron chi connectivity index (χ4n) is 1.78. The van der Waals surface area contributed by atoms with Gasteiger partial charge in [-0.1, -0.05) is 0 Å². The van der Waals surface area contributed by atoms with Crippen LogP contribution < -0.4 is 11.1 Å². The molecule has 15 heavy (non-hydrogen) atoms. The molecule has 0 aromatic carbocycles. The molecule has 1 aromatic rings. The van der Waals surface area contributed by atoms with Crippen molar-refractivity contribution in [1.82, 2.24) is 5.32 Å². The number of hydrogen-bond donors (Lipinski definition) is 2. The minimum absolute atomic E-state index is 0.210. The molecule has 1 aliphatic heterocycles. The molecule has 0 aliphatic carbocycles. The highest BCUT2D eigenvalue weighted by Crippen LogP contribution is 2.15. The van der Waals surface area contributed by atoms with E-state index >= 15 is 0 Å². The summed E-state index contributed by atoms with van der Waals surface area (Å²) in [4.78, 5) is 1.42. The Labute approximate surface area is 94.6 Å². The molecule has 0 radical (unpaired) electrons. The maximum atomic E-state index is 5.91. The molecule has 84 valence electrons. The van der Waals surface area contributed by atoms with Crippen LogP contribution in [0.5, 0.6) is 0 Å². The molecule has 2 unspecified atom stereocenters. The predicted molar refractivity (Wildman–Crippen MR) is 63.0 cm³/mol. The summed E-state index contributed by atoms with van der Waals surface area (Å²) in [5.74, 6) is 0.477. The second-order valence-electron chi connectivity index (χ2n) is 4.12.